The fourth-order valence-corrected chi connectivity index (χ4v) is 2.78. The average Bonchev–Trinajstić information content (AvgIpc) is 2.38. The zero-order valence-electron chi connectivity index (χ0n) is 11.7. The van der Waals surface area contributed by atoms with Crippen LogP contribution in [0.2, 0.25) is 0 Å². The highest BCUT2D eigenvalue weighted by molar-refractivity contribution is 5.79. The minimum absolute atomic E-state index is 0.374. The van der Waals surface area contributed by atoms with Crippen LogP contribution in [-0.2, 0) is 22.4 Å². The van der Waals surface area contributed by atoms with Crippen molar-refractivity contribution < 1.29 is 14.6 Å². The molecule has 19 heavy (non-hydrogen) atoms. The lowest BCUT2D eigenvalue weighted by molar-refractivity contribution is -0.164. The molecule has 1 atom stereocenters. The summed E-state index contributed by atoms with van der Waals surface area (Å²) in [4.78, 5) is 11.7. The average molecular weight is 264 g/mol. The van der Waals surface area contributed by atoms with E-state index in [2.05, 4.69) is 10.2 Å². The van der Waals surface area contributed by atoms with Crippen molar-refractivity contribution in [3.05, 3.63) is 22.5 Å². The van der Waals surface area contributed by atoms with Crippen LogP contribution < -0.4 is 0 Å². The number of aliphatic hydroxyl groups is 1. The number of hydrogen-bond acceptors (Lipinski definition) is 5. The molecule has 1 aromatic heterocycles. The van der Waals surface area contributed by atoms with Crippen LogP contribution in [0.15, 0.2) is 0 Å². The van der Waals surface area contributed by atoms with E-state index in [9.17, 15) is 9.90 Å². The summed E-state index contributed by atoms with van der Waals surface area (Å²) >= 11 is 0. The van der Waals surface area contributed by atoms with Crippen LogP contribution in [0.1, 0.15) is 41.8 Å². The van der Waals surface area contributed by atoms with E-state index in [0.29, 0.717) is 19.3 Å². The van der Waals surface area contributed by atoms with Gasteiger partial charge in [0, 0.05) is 0 Å². The third-order valence-electron chi connectivity index (χ3n) is 3.96. The second-order valence-electron chi connectivity index (χ2n) is 5.20. The Morgan fingerprint density at radius 3 is 2.32 bits per heavy atom. The van der Waals surface area contributed by atoms with Gasteiger partial charge in [-0.05, 0) is 57.1 Å². The molecule has 1 aliphatic carbocycles. The number of ether oxygens (including phenoxy) is 1. The summed E-state index contributed by atoms with van der Waals surface area (Å²) in [6, 6.07) is 0. The molecule has 0 unspecified atom stereocenters. The van der Waals surface area contributed by atoms with Crippen molar-refractivity contribution in [3.8, 4) is 0 Å². The number of rotatable bonds is 1. The van der Waals surface area contributed by atoms with Gasteiger partial charge in [0.1, 0.15) is 0 Å². The van der Waals surface area contributed by atoms with Gasteiger partial charge in [-0.15, -0.1) is 0 Å². The molecule has 0 saturated heterocycles. The van der Waals surface area contributed by atoms with Gasteiger partial charge in [0.25, 0.3) is 0 Å². The molecular weight excluding hydrogens is 244 g/mol. The maximum atomic E-state index is 11.7. The first-order valence-corrected chi connectivity index (χ1v) is 6.60. The van der Waals surface area contributed by atoms with Crippen molar-refractivity contribution in [3.63, 3.8) is 0 Å². The highest BCUT2D eigenvalue weighted by Crippen LogP contribution is 2.29. The molecule has 2 rings (SSSR count). The number of methoxy groups -OCH3 is 1. The summed E-state index contributed by atoms with van der Waals surface area (Å²) in [5.74, 6) is -0.535. The molecule has 0 bridgehead atoms. The number of hydrogen-bond donors (Lipinski definition) is 1. The molecule has 5 heteroatoms. The number of aryl methyl sites for hydroxylation is 2. The molecule has 0 saturated carbocycles. The predicted octanol–water partition coefficient (Wildman–Crippen LogP) is 1.27. The Bertz CT molecular complexity index is 502. The Kier molecular flexibility index (Phi) is 3.85. The van der Waals surface area contributed by atoms with Crippen LogP contribution in [0, 0.1) is 13.8 Å². The maximum absolute atomic E-state index is 11.7. The van der Waals surface area contributed by atoms with Crippen molar-refractivity contribution in [2.24, 2.45) is 0 Å². The first-order valence-electron chi connectivity index (χ1n) is 6.60. The Balaban J connectivity index is 2.32. The van der Waals surface area contributed by atoms with Crippen molar-refractivity contribution in [2.75, 3.05) is 7.11 Å². The zero-order valence-corrected chi connectivity index (χ0v) is 11.7. The molecule has 1 aromatic rings. The molecule has 1 N–H and O–H groups in total. The molecule has 0 aromatic carbocycles. The highest BCUT2D eigenvalue weighted by Gasteiger charge is 2.37. The Hall–Kier alpha value is -1.49. The molecule has 0 aliphatic heterocycles. The normalized spacial score (nSPS) is 23.2. The van der Waals surface area contributed by atoms with Gasteiger partial charge in [0.15, 0.2) is 5.60 Å². The SMILES string of the molecule is COC(=O)[C@@]1(O)CCCc2c(C)nnc(C)c2CC1. The minimum Gasteiger partial charge on any atom is -0.467 e. The number of esters is 1. The van der Waals surface area contributed by atoms with Crippen LogP contribution >= 0.6 is 0 Å². The molecule has 0 amide bonds. The van der Waals surface area contributed by atoms with Gasteiger partial charge in [-0.2, -0.15) is 10.2 Å². The van der Waals surface area contributed by atoms with E-state index in [1.807, 2.05) is 13.8 Å². The lowest BCUT2D eigenvalue weighted by atomic mass is 9.83. The van der Waals surface area contributed by atoms with Crippen LogP contribution in [0.5, 0.6) is 0 Å². The third-order valence-corrected chi connectivity index (χ3v) is 3.96. The smallest absolute Gasteiger partial charge is 0.337 e. The van der Waals surface area contributed by atoms with Crippen molar-refractivity contribution in [1.29, 1.82) is 0 Å². The third kappa shape index (κ3) is 2.61. The van der Waals surface area contributed by atoms with Crippen LogP contribution in [0.4, 0.5) is 0 Å². The number of aromatic nitrogens is 2. The molecular formula is C14H20N2O3. The molecule has 1 heterocycles. The quantitative estimate of drug-likeness (QED) is 0.773. The fraction of sp³-hybridized carbons (Fsp3) is 0.643. The van der Waals surface area contributed by atoms with Gasteiger partial charge in [-0.3, -0.25) is 0 Å². The Morgan fingerprint density at radius 1 is 1.16 bits per heavy atom. The lowest BCUT2D eigenvalue weighted by Gasteiger charge is -2.28. The van der Waals surface area contributed by atoms with Gasteiger partial charge in [0.05, 0.1) is 18.5 Å². The zero-order chi connectivity index (χ0) is 14.0. The van der Waals surface area contributed by atoms with Crippen molar-refractivity contribution in [1.82, 2.24) is 10.2 Å². The lowest BCUT2D eigenvalue weighted by Crippen LogP contribution is -2.41. The summed E-state index contributed by atoms with van der Waals surface area (Å²) in [6.45, 7) is 3.88. The fourth-order valence-electron chi connectivity index (χ4n) is 2.78. The first kappa shape index (κ1) is 13.9. The maximum Gasteiger partial charge on any atom is 0.337 e. The molecule has 104 valence electrons. The number of carbonyl (C=O) groups is 1. The highest BCUT2D eigenvalue weighted by atomic mass is 16.5. The van der Waals surface area contributed by atoms with E-state index >= 15 is 0 Å². The van der Waals surface area contributed by atoms with Crippen LogP contribution in [0.25, 0.3) is 0 Å². The summed E-state index contributed by atoms with van der Waals surface area (Å²) in [6.07, 6.45) is 2.99. The summed E-state index contributed by atoms with van der Waals surface area (Å²) in [5.41, 5.74) is 2.81. The molecule has 0 spiro atoms. The molecule has 0 radical (unpaired) electrons. The van der Waals surface area contributed by atoms with Crippen molar-refractivity contribution >= 4 is 5.97 Å². The second-order valence-corrected chi connectivity index (χ2v) is 5.20. The van der Waals surface area contributed by atoms with Crippen LogP contribution in [-0.4, -0.2) is 34.0 Å². The number of fused-ring (bicyclic) bond motifs is 1. The summed E-state index contributed by atoms with van der Waals surface area (Å²) < 4.78 is 4.71. The topological polar surface area (TPSA) is 72.3 Å². The van der Waals surface area contributed by atoms with Gasteiger partial charge >= 0.3 is 5.97 Å². The first-order chi connectivity index (χ1) is 8.98. The van der Waals surface area contributed by atoms with Crippen molar-refractivity contribution in [2.45, 2.75) is 51.6 Å². The van der Waals surface area contributed by atoms with Crippen LogP contribution in [0.3, 0.4) is 0 Å². The summed E-state index contributed by atoms with van der Waals surface area (Å²) in [7, 11) is 1.31. The second kappa shape index (κ2) is 5.25. The van der Waals surface area contributed by atoms with Gasteiger partial charge < -0.3 is 9.84 Å². The van der Waals surface area contributed by atoms with Gasteiger partial charge in [-0.25, -0.2) is 4.79 Å². The van der Waals surface area contributed by atoms with E-state index < -0.39 is 11.6 Å². The standard InChI is InChI=1S/C14H20N2O3/c1-9-11-5-4-7-14(18,13(17)19-3)8-6-12(11)10(2)16-15-9/h18H,4-8H2,1-3H3/t14-/m1/s1. The Labute approximate surface area is 113 Å². The minimum atomic E-state index is -1.37. The molecule has 0 fully saturated rings. The van der Waals surface area contributed by atoms with E-state index in [4.69, 9.17) is 4.74 Å². The van der Waals surface area contributed by atoms with E-state index in [-0.39, 0.29) is 0 Å². The number of carbonyl (C=O) groups excluding carboxylic acids is 1. The van der Waals surface area contributed by atoms with E-state index in [1.54, 1.807) is 0 Å². The van der Waals surface area contributed by atoms with E-state index in [0.717, 1.165) is 29.8 Å². The van der Waals surface area contributed by atoms with E-state index in [1.165, 1.54) is 12.7 Å². The van der Waals surface area contributed by atoms with Gasteiger partial charge in [-0.1, -0.05) is 0 Å². The monoisotopic (exact) mass is 264 g/mol. The number of nitrogens with zero attached hydrogens (tertiary/aromatic N) is 2. The Morgan fingerprint density at radius 2 is 1.74 bits per heavy atom. The van der Waals surface area contributed by atoms with Gasteiger partial charge in [0.2, 0.25) is 0 Å². The predicted molar refractivity (Wildman–Crippen MR) is 69.7 cm³/mol. The molecule has 1 aliphatic rings. The summed E-state index contributed by atoms with van der Waals surface area (Å²) in [5, 5.41) is 18.7. The molecule has 5 nitrogen and oxygen atoms in total. The largest absolute Gasteiger partial charge is 0.467 e.